The first-order valence-electron chi connectivity index (χ1n) is 7.90. The van der Waals surface area contributed by atoms with Gasteiger partial charge in [-0.3, -0.25) is 4.98 Å². The van der Waals surface area contributed by atoms with E-state index in [1.165, 1.54) is 49.8 Å². The number of rotatable bonds is 3. The quantitative estimate of drug-likeness (QED) is 0.897. The van der Waals surface area contributed by atoms with Crippen LogP contribution in [-0.2, 0) is 6.42 Å². The molecule has 19 heavy (non-hydrogen) atoms. The molecule has 2 heteroatoms. The van der Waals surface area contributed by atoms with Crippen LogP contribution in [-0.4, -0.2) is 18.1 Å². The molecule has 2 nitrogen and oxygen atoms in total. The van der Waals surface area contributed by atoms with E-state index in [-0.39, 0.29) is 0 Å². The second-order valence-electron chi connectivity index (χ2n) is 6.54. The zero-order valence-corrected chi connectivity index (χ0v) is 12.2. The van der Waals surface area contributed by atoms with Gasteiger partial charge in [0.05, 0.1) is 0 Å². The van der Waals surface area contributed by atoms with Gasteiger partial charge in [0.25, 0.3) is 0 Å². The number of likely N-dealkylation sites (N-methyl/N-ethyl adjacent to an activating group) is 1. The Hall–Kier alpha value is -0.890. The second kappa shape index (κ2) is 5.62. The van der Waals surface area contributed by atoms with Crippen LogP contribution in [0.1, 0.15) is 56.2 Å². The zero-order valence-electron chi connectivity index (χ0n) is 12.2. The van der Waals surface area contributed by atoms with E-state index in [0.717, 1.165) is 11.8 Å². The Kier molecular flexibility index (Phi) is 3.88. The van der Waals surface area contributed by atoms with Crippen LogP contribution >= 0.6 is 0 Å². The largest absolute Gasteiger partial charge is 0.316 e. The zero-order chi connectivity index (χ0) is 13.2. The molecule has 2 aliphatic carbocycles. The molecule has 1 aromatic heterocycles. The summed E-state index contributed by atoms with van der Waals surface area (Å²) in [6, 6.07) is 4.99. The molecule has 0 aliphatic heterocycles. The van der Waals surface area contributed by atoms with Crippen molar-refractivity contribution in [3.63, 3.8) is 0 Å². The monoisotopic (exact) mass is 258 g/mol. The number of nitrogens with one attached hydrogen (secondary N) is 1. The van der Waals surface area contributed by atoms with Crippen molar-refractivity contribution in [3.8, 4) is 0 Å². The molecule has 4 atom stereocenters. The summed E-state index contributed by atoms with van der Waals surface area (Å²) < 4.78 is 0. The summed E-state index contributed by atoms with van der Waals surface area (Å²) in [5.74, 6) is 2.39. The van der Waals surface area contributed by atoms with Crippen molar-refractivity contribution in [2.75, 3.05) is 7.05 Å². The summed E-state index contributed by atoms with van der Waals surface area (Å²) in [5, 5.41) is 3.64. The molecular formula is C17H26N2. The van der Waals surface area contributed by atoms with E-state index in [1.807, 2.05) is 6.20 Å². The van der Waals surface area contributed by atoms with Gasteiger partial charge in [0.1, 0.15) is 0 Å². The Morgan fingerprint density at radius 3 is 2.95 bits per heavy atom. The van der Waals surface area contributed by atoms with Gasteiger partial charge in [0.2, 0.25) is 0 Å². The van der Waals surface area contributed by atoms with E-state index in [0.29, 0.717) is 12.0 Å². The van der Waals surface area contributed by atoms with E-state index in [9.17, 15) is 0 Å². The first-order valence-corrected chi connectivity index (χ1v) is 7.90. The van der Waals surface area contributed by atoms with E-state index in [2.05, 4.69) is 31.4 Å². The first kappa shape index (κ1) is 13.1. The second-order valence-corrected chi connectivity index (χ2v) is 6.54. The number of pyridine rings is 1. The van der Waals surface area contributed by atoms with Gasteiger partial charge in [-0.05, 0) is 62.6 Å². The van der Waals surface area contributed by atoms with Gasteiger partial charge in [-0.1, -0.05) is 19.4 Å². The molecule has 4 unspecified atom stereocenters. The summed E-state index contributed by atoms with van der Waals surface area (Å²) in [6.07, 6.45) is 10.0. The fourth-order valence-electron chi connectivity index (χ4n) is 4.34. The highest BCUT2D eigenvalue weighted by Gasteiger charge is 2.36. The predicted molar refractivity (Wildman–Crippen MR) is 79.3 cm³/mol. The molecule has 1 N–H and O–H groups in total. The highest BCUT2D eigenvalue weighted by molar-refractivity contribution is 5.27. The first-order chi connectivity index (χ1) is 9.29. The lowest BCUT2D eigenvalue weighted by molar-refractivity contribution is 0.295. The molecule has 0 aromatic carbocycles. The lowest BCUT2D eigenvalue weighted by atomic mass is 9.77. The van der Waals surface area contributed by atoms with Crippen LogP contribution in [0.25, 0.3) is 0 Å². The van der Waals surface area contributed by atoms with E-state index >= 15 is 0 Å². The highest BCUT2D eigenvalue weighted by Crippen LogP contribution is 2.41. The maximum atomic E-state index is 4.72. The van der Waals surface area contributed by atoms with Crippen molar-refractivity contribution in [1.29, 1.82) is 0 Å². The van der Waals surface area contributed by atoms with Gasteiger partial charge in [-0.2, -0.15) is 0 Å². The predicted octanol–water partition coefficient (Wildman–Crippen LogP) is 3.53. The standard InChI is InChI=1S/C17H26N2/c1-12-8-9-14(11-12)16(18-2)15-7-3-5-13-6-4-10-19-17(13)15/h4,6,10,12,14-16,18H,3,5,7-9,11H2,1-2H3. The van der Waals surface area contributed by atoms with Crippen molar-refractivity contribution in [2.45, 2.75) is 57.4 Å². The lowest BCUT2D eigenvalue weighted by Gasteiger charge is -2.35. The van der Waals surface area contributed by atoms with Gasteiger partial charge in [0, 0.05) is 23.9 Å². The normalized spacial score (nSPS) is 32.0. The minimum absolute atomic E-state index is 0.624. The van der Waals surface area contributed by atoms with Crippen LogP contribution in [0, 0.1) is 11.8 Å². The number of nitrogens with zero attached hydrogens (tertiary/aromatic N) is 1. The number of hydrogen-bond donors (Lipinski definition) is 1. The summed E-state index contributed by atoms with van der Waals surface area (Å²) in [7, 11) is 2.14. The van der Waals surface area contributed by atoms with Gasteiger partial charge < -0.3 is 5.32 Å². The minimum Gasteiger partial charge on any atom is -0.316 e. The number of fused-ring (bicyclic) bond motifs is 1. The van der Waals surface area contributed by atoms with Crippen LogP contribution in [0.15, 0.2) is 18.3 Å². The van der Waals surface area contributed by atoms with Gasteiger partial charge >= 0.3 is 0 Å². The van der Waals surface area contributed by atoms with Crippen molar-refractivity contribution < 1.29 is 0 Å². The van der Waals surface area contributed by atoms with Crippen LogP contribution in [0.4, 0.5) is 0 Å². The third kappa shape index (κ3) is 2.55. The van der Waals surface area contributed by atoms with Crippen LogP contribution in [0.3, 0.4) is 0 Å². The van der Waals surface area contributed by atoms with Crippen molar-refractivity contribution in [2.24, 2.45) is 11.8 Å². The van der Waals surface area contributed by atoms with Crippen LogP contribution in [0.2, 0.25) is 0 Å². The molecule has 1 aromatic rings. The maximum absolute atomic E-state index is 4.72. The summed E-state index contributed by atoms with van der Waals surface area (Å²) in [4.78, 5) is 4.72. The van der Waals surface area contributed by atoms with Crippen molar-refractivity contribution in [3.05, 3.63) is 29.6 Å². The van der Waals surface area contributed by atoms with Crippen molar-refractivity contribution in [1.82, 2.24) is 10.3 Å². The Balaban J connectivity index is 1.84. The molecule has 0 spiro atoms. The Morgan fingerprint density at radius 2 is 2.21 bits per heavy atom. The molecule has 3 rings (SSSR count). The molecule has 1 fully saturated rings. The molecule has 0 radical (unpaired) electrons. The Morgan fingerprint density at radius 1 is 1.32 bits per heavy atom. The highest BCUT2D eigenvalue weighted by atomic mass is 14.9. The summed E-state index contributed by atoms with van der Waals surface area (Å²) in [5.41, 5.74) is 2.87. The summed E-state index contributed by atoms with van der Waals surface area (Å²) in [6.45, 7) is 2.40. The Labute approximate surface area is 117 Å². The van der Waals surface area contributed by atoms with Gasteiger partial charge in [-0.15, -0.1) is 0 Å². The smallest absolute Gasteiger partial charge is 0.0482 e. The lowest BCUT2D eigenvalue weighted by Crippen LogP contribution is -2.40. The van der Waals surface area contributed by atoms with Crippen molar-refractivity contribution >= 4 is 0 Å². The molecular weight excluding hydrogens is 232 g/mol. The number of hydrogen-bond acceptors (Lipinski definition) is 2. The number of aromatic nitrogens is 1. The molecule has 0 saturated heterocycles. The molecule has 104 valence electrons. The third-order valence-corrected chi connectivity index (χ3v) is 5.25. The van der Waals surface area contributed by atoms with E-state index in [1.54, 1.807) is 0 Å². The van der Waals surface area contributed by atoms with Crippen LogP contribution in [0.5, 0.6) is 0 Å². The Bertz CT molecular complexity index is 429. The average molecular weight is 258 g/mol. The van der Waals surface area contributed by atoms with E-state index < -0.39 is 0 Å². The van der Waals surface area contributed by atoms with E-state index in [4.69, 9.17) is 4.98 Å². The topological polar surface area (TPSA) is 24.9 Å². The molecule has 1 heterocycles. The minimum atomic E-state index is 0.624. The molecule has 0 amide bonds. The third-order valence-electron chi connectivity index (χ3n) is 5.25. The molecule has 0 bridgehead atoms. The average Bonchev–Trinajstić information content (AvgIpc) is 2.86. The summed E-state index contributed by atoms with van der Waals surface area (Å²) >= 11 is 0. The molecule has 1 saturated carbocycles. The fourth-order valence-corrected chi connectivity index (χ4v) is 4.34. The number of aryl methyl sites for hydroxylation is 1. The van der Waals surface area contributed by atoms with Gasteiger partial charge in [0.15, 0.2) is 0 Å². The maximum Gasteiger partial charge on any atom is 0.0482 e. The SMILES string of the molecule is CNC(C1CCC(C)C1)C1CCCc2cccnc21. The molecule has 2 aliphatic rings. The van der Waals surface area contributed by atoms with Crippen LogP contribution < -0.4 is 5.32 Å². The van der Waals surface area contributed by atoms with Gasteiger partial charge in [-0.25, -0.2) is 0 Å². The fraction of sp³-hybridized carbons (Fsp3) is 0.706.